The van der Waals surface area contributed by atoms with Gasteiger partial charge in [-0.15, -0.1) is 0 Å². The Morgan fingerprint density at radius 3 is 1.48 bits per heavy atom. The summed E-state index contributed by atoms with van der Waals surface area (Å²) in [7, 11) is 0. The topological polar surface area (TPSA) is 30.2 Å². The lowest BCUT2D eigenvalue weighted by Gasteiger charge is -2.11. The van der Waals surface area contributed by atoms with Crippen molar-refractivity contribution in [2.75, 3.05) is 0 Å². The molecule has 25 heavy (non-hydrogen) atoms. The monoisotopic (exact) mass is 324 g/mol. The molecule has 0 unspecified atom stereocenters. The van der Waals surface area contributed by atoms with E-state index in [4.69, 9.17) is 4.42 Å². The van der Waals surface area contributed by atoms with Gasteiger partial charge in [-0.25, -0.2) is 4.79 Å². The Morgan fingerprint density at radius 2 is 0.960 bits per heavy atom. The minimum absolute atomic E-state index is 0.329. The van der Waals surface area contributed by atoms with Crippen LogP contribution in [0.3, 0.4) is 0 Å². The predicted molar refractivity (Wildman–Crippen MR) is 101 cm³/mol. The molecule has 2 heteroatoms. The minimum Gasteiger partial charge on any atom is -0.422 e. The highest BCUT2D eigenvalue weighted by atomic mass is 16.4. The third-order valence-electron chi connectivity index (χ3n) is 4.15. The number of hydrogen-bond donors (Lipinski definition) is 0. The Hall–Kier alpha value is -3.39. The average molecular weight is 324 g/mol. The van der Waals surface area contributed by atoms with E-state index in [9.17, 15) is 4.79 Å². The van der Waals surface area contributed by atoms with Gasteiger partial charge in [-0.1, -0.05) is 91.0 Å². The van der Waals surface area contributed by atoms with Crippen molar-refractivity contribution >= 4 is 0 Å². The molecule has 0 atom stereocenters. The van der Waals surface area contributed by atoms with Gasteiger partial charge < -0.3 is 4.42 Å². The van der Waals surface area contributed by atoms with Crippen LogP contribution in [0.2, 0.25) is 0 Å². The number of rotatable bonds is 3. The molecular weight excluding hydrogens is 308 g/mol. The summed E-state index contributed by atoms with van der Waals surface area (Å²) in [4.78, 5) is 12.6. The smallest absolute Gasteiger partial charge is 0.344 e. The summed E-state index contributed by atoms with van der Waals surface area (Å²) in [6.45, 7) is 0. The Kier molecular flexibility index (Phi) is 4.01. The van der Waals surface area contributed by atoms with E-state index in [1.165, 1.54) is 0 Å². The standard InChI is InChI=1S/C23H16O2/c24-23-21(18-12-6-2-7-13-18)16-20(17-10-4-1-5-11-17)22(25-23)19-14-8-3-9-15-19/h1-16H. The molecule has 0 saturated heterocycles. The van der Waals surface area contributed by atoms with E-state index in [2.05, 4.69) is 0 Å². The maximum Gasteiger partial charge on any atom is 0.344 e. The Bertz CT molecular complexity index is 1030. The van der Waals surface area contributed by atoms with Crippen LogP contribution in [-0.4, -0.2) is 0 Å². The summed E-state index contributed by atoms with van der Waals surface area (Å²) in [6.07, 6.45) is 0. The zero-order valence-corrected chi connectivity index (χ0v) is 13.6. The fourth-order valence-corrected chi connectivity index (χ4v) is 2.93. The van der Waals surface area contributed by atoms with Gasteiger partial charge >= 0.3 is 5.63 Å². The fourth-order valence-electron chi connectivity index (χ4n) is 2.93. The summed E-state index contributed by atoms with van der Waals surface area (Å²) >= 11 is 0. The normalized spacial score (nSPS) is 10.6. The largest absolute Gasteiger partial charge is 0.422 e. The van der Waals surface area contributed by atoms with Crippen LogP contribution in [-0.2, 0) is 0 Å². The van der Waals surface area contributed by atoms with Crippen molar-refractivity contribution in [1.29, 1.82) is 0 Å². The van der Waals surface area contributed by atoms with Gasteiger partial charge in [-0.05, 0) is 17.2 Å². The molecule has 4 aromatic rings. The Morgan fingerprint density at radius 1 is 0.520 bits per heavy atom. The number of hydrogen-bond acceptors (Lipinski definition) is 2. The highest BCUT2D eigenvalue weighted by molar-refractivity contribution is 5.82. The summed E-state index contributed by atoms with van der Waals surface area (Å²) in [6, 6.07) is 31.3. The third kappa shape index (κ3) is 3.02. The first kappa shape index (κ1) is 15.2. The molecule has 2 nitrogen and oxygen atoms in total. The molecule has 0 aliphatic carbocycles. The average Bonchev–Trinajstić information content (AvgIpc) is 2.70. The molecule has 3 aromatic carbocycles. The Labute approximate surface area is 146 Å². The highest BCUT2D eigenvalue weighted by Gasteiger charge is 2.15. The Balaban J connectivity index is 2.00. The van der Waals surface area contributed by atoms with Crippen molar-refractivity contribution in [3.8, 4) is 33.6 Å². The molecule has 0 bridgehead atoms. The quantitative estimate of drug-likeness (QED) is 0.488. The fraction of sp³-hybridized carbons (Fsp3) is 0. The molecular formula is C23H16O2. The summed E-state index contributed by atoms with van der Waals surface area (Å²) in [5, 5.41) is 0. The van der Waals surface area contributed by atoms with Crippen molar-refractivity contribution in [3.63, 3.8) is 0 Å². The van der Waals surface area contributed by atoms with Gasteiger partial charge in [0.2, 0.25) is 0 Å². The highest BCUT2D eigenvalue weighted by Crippen LogP contribution is 2.33. The van der Waals surface area contributed by atoms with Gasteiger partial charge in [0, 0.05) is 11.1 Å². The van der Waals surface area contributed by atoms with Crippen LogP contribution in [0.5, 0.6) is 0 Å². The summed E-state index contributed by atoms with van der Waals surface area (Å²) in [5.74, 6) is 0.594. The maximum absolute atomic E-state index is 12.6. The van der Waals surface area contributed by atoms with Crippen LogP contribution >= 0.6 is 0 Å². The zero-order valence-electron chi connectivity index (χ0n) is 13.6. The van der Waals surface area contributed by atoms with Crippen molar-refractivity contribution in [1.82, 2.24) is 0 Å². The lowest BCUT2D eigenvalue weighted by molar-refractivity contribution is 0.530. The van der Waals surface area contributed by atoms with Crippen LogP contribution in [0.4, 0.5) is 0 Å². The first-order valence-corrected chi connectivity index (χ1v) is 8.17. The lowest BCUT2D eigenvalue weighted by Crippen LogP contribution is -2.05. The van der Waals surface area contributed by atoms with Gasteiger partial charge in [0.05, 0.1) is 5.56 Å². The minimum atomic E-state index is -0.329. The van der Waals surface area contributed by atoms with Crippen molar-refractivity contribution in [3.05, 3.63) is 107 Å². The van der Waals surface area contributed by atoms with Gasteiger partial charge in [0.25, 0.3) is 0 Å². The van der Waals surface area contributed by atoms with E-state index >= 15 is 0 Å². The molecule has 1 aromatic heterocycles. The van der Waals surface area contributed by atoms with E-state index in [0.717, 1.165) is 22.3 Å². The molecule has 1 heterocycles. The maximum atomic E-state index is 12.6. The van der Waals surface area contributed by atoms with Gasteiger partial charge in [0.15, 0.2) is 0 Å². The zero-order chi connectivity index (χ0) is 17.1. The van der Waals surface area contributed by atoms with Crippen molar-refractivity contribution in [2.24, 2.45) is 0 Å². The van der Waals surface area contributed by atoms with Crippen LogP contribution in [0.1, 0.15) is 0 Å². The SMILES string of the molecule is O=c1oc(-c2ccccc2)c(-c2ccccc2)cc1-c1ccccc1. The third-order valence-corrected chi connectivity index (χ3v) is 4.15. The molecule has 120 valence electrons. The molecule has 0 fully saturated rings. The van der Waals surface area contributed by atoms with Gasteiger partial charge in [-0.2, -0.15) is 0 Å². The second-order valence-electron chi connectivity index (χ2n) is 5.79. The molecule has 0 spiro atoms. The van der Waals surface area contributed by atoms with E-state index in [1.54, 1.807) is 0 Å². The van der Waals surface area contributed by atoms with E-state index in [1.807, 2.05) is 97.1 Å². The summed E-state index contributed by atoms with van der Waals surface area (Å²) in [5.41, 5.74) is 3.91. The molecule has 0 amide bonds. The second kappa shape index (κ2) is 6.62. The molecule has 0 aliphatic rings. The van der Waals surface area contributed by atoms with E-state index in [0.29, 0.717) is 11.3 Å². The van der Waals surface area contributed by atoms with E-state index < -0.39 is 0 Å². The first-order valence-electron chi connectivity index (χ1n) is 8.17. The van der Waals surface area contributed by atoms with Crippen molar-refractivity contribution in [2.45, 2.75) is 0 Å². The molecule has 0 aliphatic heterocycles. The van der Waals surface area contributed by atoms with Gasteiger partial charge in [0.1, 0.15) is 5.76 Å². The van der Waals surface area contributed by atoms with E-state index in [-0.39, 0.29) is 5.63 Å². The molecule has 0 N–H and O–H groups in total. The molecule has 0 saturated carbocycles. The van der Waals surface area contributed by atoms with Crippen LogP contribution < -0.4 is 5.63 Å². The first-order chi connectivity index (χ1) is 12.3. The number of benzene rings is 3. The van der Waals surface area contributed by atoms with Crippen LogP contribution in [0, 0.1) is 0 Å². The molecule has 0 radical (unpaired) electrons. The molecule has 4 rings (SSSR count). The summed E-state index contributed by atoms with van der Waals surface area (Å²) < 4.78 is 5.78. The van der Waals surface area contributed by atoms with Crippen LogP contribution in [0.25, 0.3) is 33.6 Å². The second-order valence-corrected chi connectivity index (χ2v) is 5.79. The lowest BCUT2D eigenvalue weighted by atomic mass is 9.97. The predicted octanol–water partition coefficient (Wildman–Crippen LogP) is 5.64. The van der Waals surface area contributed by atoms with Gasteiger partial charge in [-0.3, -0.25) is 0 Å². The van der Waals surface area contributed by atoms with Crippen molar-refractivity contribution < 1.29 is 4.42 Å². The van der Waals surface area contributed by atoms with Crippen LogP contribution in [0.15, 0.2) is 106 Å².